The maximum Gasteiger partial charge on any atom is 0.266 e. The number of aliphatic hydroxyl groups excluding tert-OH is 1. The number of carbonyl (C=O) groups is 1. The van der Waals surface area contributed by atoms with Crippen LogP contribution in [-0.2, 0) is 0 Å². The molecule has 0 atom stereocenters. The molecular formula is C21H18N2O4S. The van der Waals surface area contributed by atoms with Gasteiger partial charge in [0, 0.05) is 22.9 Å². The number of methoxy groups -OCH3 is 1. The Labute approximate surface area is 164 Å². The van der Waals surface area contributed by atoms with Crippen molar-refractivity contribution in [2.75, 3.05) is 25.2 Å². The Kier molecular flexibility index (Phi) is 4.85. The van der Waals surface area contributed by atoms with Crippen molar-refractivity contribution >= 4 is 43.9 Å². The van der Waals surface area contributed by atoms with Crippen LogP contribution in [0.4, 0.5) is 5.69 Å². The van der Waals surface area contributed by atoms with E-state index >= 15 is 0 Å². The standard InChI is InChI=1S/C21H18N2O4S/c1-27-16-8-7-15-17(14-9-12-28-19(14)20(25)22-15)18(16)23(10-11-24)21(26)13-5-3-2-4-6-13/h2-9,12,24H,10-11H2,1H3,(H,22,25). The van der Waals surface area contributed by atoms with Gasteiger partial charge < -0.3 is 19.7 Å². The number of anilines is 1. The van der Waals surface area contributed by atoms with Gasteiger partial charge >= 0.3 is 0 Å². The van der Waals surface area contributed by atoms with Gasteiger partial charge in [-0.3, -0.25) is 9.59 Å². The van der Waals surface area contributed by atoms with Crippen molar-refractivity contribution in [1.82, 2.24) is 4.98 Å². The number of pyridine rings is 1. The molecule has 28 heavy (non-hydrogen) atoms. The highest BCUT2D eigenvalue weighted by molar-refractivity contribution is 7.17. The molecule has 2 N–H and O–H groups in total. The molecule has 1 amide bonds. The molecule has 0 spiro atoms. The number of nitrogens with zero attached hydrogens (tertiary/aromatic N) is 1. The number of H-pyrrole nitrogens is 1. The summed E-state index contributed by atoms with van der Waals surface area (Å²) < 4.78 is 6.14. The topological polar surface area (TPSA) is 82.6 Å². The molecule has 4 rings (SSSR count). The number of benzene rings is 2. The molecule has 4 aromatic rings. The zero-order chi connectivity index (χ0) is 19.7. The van der Waals surface area contributed by atoms with Crippen LogP contribution in [0, 0.1) is 0 Å². The van der Waals surface area contributed by atoms with Crippen molar-refractivity contribution in [1.29, 1.82) is 0 Å². The van der Waals surface area contributed by atoms with Gasteiger partial charge in [0.2, 0.25) is 0 Å². The molecule has 0 aliphatic heterocycles. The molecule has 142 valence electrons. The number of aromatic nitrogens is 1. The first-order valence-corrected chi connectivity index (χ1v) is 9.61. The molecule has 6 nitrogen and oxygen atoms in total. The minimum Gasteiger partial charge on any atom is -0.495 e. The number of hydrogen-bond donors (Lipinski definition) is 2. The largest absolute Gasteiger partial charge is 0.495 e. The molecular weight excluding hydrogens is 376 g/mol. The van der Waals surface area contributed by atoms with Crippen molar-refractivity contribution in [3.05, 3.63) is 69.8 Å². The molecule has 0 aliphatic rings. The summed E-state index contributed by atoms with van der Waals surface area (Å²) in [4.78, 5) is 30.0. The average Bonchev–Trinajstić information content (AvgIpc) is 3.22. The zero-order valence-corrected chi connectivity index (χ0v) is 16.0. The number of amides is 1. The smallest absolute Gasteiger partial charge is 0.266 e. The van der Waals surface area contributed by atoms with E-state index in [4.69, 9.17) is 4.74 Å². The van der Waals surface area contributed by atoms with Gasteiger partial charge in [-0.1, -0.05) is 18.2 Å². The predicted octanol–water partition coefficient (Wildman–Crippen LogP) is 3.39. The zero-order valence-electron chi connectivity index (χ0n) is 15.1. The number of fused-ring (bicyclic) bond motifs is 3. The highest BCUT2D eigenvalue weighted by Gasteiger charge is 2.25. The first-order chi connectivity index (χ1) is 13.7. The summed E-state index contributed by atoms with van der Waals surface area (Å²) in [5, 5.41) is 13.0. The lowest BCUT2D eigenvalue weighted by Crippen LogP contribution is -2.34. The molecule has 2 aromatic heterocycles. The molecule has 2 aromatic carbocycles. The Bertz CT molecular complexity index is 1210. The van der Waals surface area contributed by atoms with Gasteiger partial charge in [-0.2, -0.15) is 0 Å². The first kappa shape index (κ1) is 18.2. The third-order valence-electron chi connectivity index (χ3n) is 4.61. The van der Waals surface area contributed by atoms with Crippen LogP contribution in [0.1, 0.15) is 10.4 Å². The van der Waals surface area contributed by atoms with E-state index in [1.54, 1.807) is 36.4 Å². The summed E-state index contributed by atoms with van der Waals surface area (Å²) >= 11 is 1.34. The molecule has 7 heteroatoms. The van der Waals surface area contributed by atoms with Gasteiger partial charge in [-0.15, -0.1) is 11.3 Å². The van der Waals surface area contributed by atoms with Crippen LogP contribution < -0.4 is 15.2 Å². The lowest BCUT2D eigenvalue weighted by Gasteiger charge is -2.26. The van der Waals surface area contributed by atoms with E-state index < -0.39 is 0 Å². The van der Waals surface area contributed by atoms with Crippen molar-refractivity contribution in [3.8, 4) is 5.75 Å². The molecule has 0 fully saturated rings. The van der Waals surface area contributed by atoms with Crippen molar-refractivity contribution in [2.45, 2.75) is 0 Å². The minimum atomic E-state index is -0.255. The number of aromatic amines is 1. The number of aliphatic hydroxyl groups is 1. The monoisotopic (exact) mass is 394 g/mol. The first-order valence-electron chi connectivity index (χ1n) is 8.73. The van der Waals surface area contributed by atoms with Crippen molar-refractivity contribution in [2.24, 2.45) is 0 Å². The van der Waals surface area contributed by atoms with E-state index in [1.165, 1.54) is 23.3 Å². The minimum absolute atomic E-state index is 0.0912. The number of nitrogens with one attached hydrogen (secondary N) is 1. The fourth-order valence-electron chi connectivity index (χ4n) is 3.39. The third kappa shape index (κ3) is 2.94. The summed E-state index contributed by atoms with van der Waals surface area (Å²) in [6.07, 6.45) is 0. The maximum atomic E-state index is 13.3. The van der Waals surface area contributed by atoms with E-state index in [9.17, 15) is 14.7 Å². The van der Waals surface area contributed by atoms with Gasteiger partial charge in [0.05, 0.1) is 24.9 Å². The number of hydrogen-bond acceptors (Lipinski definition) is 5. The van der Waals surface area contributed by atoms with Crippen LogP contribution in [0.2, 0.25) is 0 Å². The number of ether oxygens (including phenoxy) is 1. The van der Waals surface area contributed by atoms with Crippen LogP contribution in [0.3, 0.4) is 0 Å². The Morgan fingerprint density at radius 1 is 1.18 bits per heavy atom. The fraction of sp³-hybridized carbons (Fsp3) is 0.143. The van der Waals surface area contributed by atoms with Crippen molar-refractivity contribution < 1.29 is 14.6 Å². The number of carbonyl (C=O) groups excluding carboxylic acids is 1. The quantitative estimate of drug-likeness (QED) is 0.544. The van der Waals surface area contributed by atoms with Crippen molar-refractivity contribution in [3.63, 3.8) is 0 Å². The van der Waals surface area contributed by atoms with E-state index in [-0.39, 0.29) is 24.6 Å². The summed E-state index contributed by atoms with van der Waals surface area (Å²) in [7, 11) is 1.53. The second-order valence-electron chi connectivity index (χ2n) is 6.20. The second-order valence-corrected chi connectivity index (χ2v) is 7.12. The van der Waals surface area contributed by atoms with E-state index in [2.05, 4.69) is 4.98 Å². The molecule has 0 bridgehead atoms. The van der Waals surface area contributed by atoms with E-state index in [0.717, 1.165) is 5.39 Å². The second kappa shape index (κ2) is 7.46. The maximum absolute atomic E-state index is 13.3. The molecule has 0 saturated heterocycles. The molecule has 0 saturated carbocycles. The van der Waals surface area contributed by atoms with Crippen LogP contribution in [0.5, 0.6) is 5.75 Å². The Hall–Kier alpha value is -3.16. The Morgan fingerprint density at radius 2 is 1.96 bits per heavy atom. The number of rotatable bonds is 5. The molecule has 0 aliphatic carbocycles. The molecule has 0 unspecified atom stereocenters. The third-order valence-corrected chi connectivity index (χ3v) is 5.52. The SMILES string of the molecule is COc1ccc2[nH]c(=O)c3sccc3c2c1N(CCO)C(=O)c1ccccc1. The lowest BCUT2D eigenvalue weighted by molar-refractivity contribution is 0.0980. The Balaban J connectivity index is 2.05. The van der Waals surface area contributed by atoms with Crippen LogP contribution in [-0.4, -0.2) is 36.3 Å². The summed E-state index contributed by atoms with van der Waals surface area (Å²) in [6.45, 7) is -0.123. The predicted molar refractivity (Wildman–Crippen MR) is 112 cm³/mol. The molecule has 0 radical (unpaired) electrons. The highest BCUT2D eigenvalue weighted by atomic mass is 32.1. The van der Waals surface area contributed by atoms with Crippen LogP contribution in [0.25, 0.3) is 21.0 Å². The van der Waals surface area contributed by atoms with Gasteiger partial charge in [0.1, 0.15) is 10.4 Å². The molecule has 2 heterocycles. The van der Waals surface area contributed by atoms with Gasteiger partial charge in [-0.25, -0.2) is 0 Å². The summed E-state index contributed by atoms with van der Waals surface area (Å²) in [5.74, 6) is 0.236. The number of thiophene rings is 1. The summed E-state index contributed by atoms with van der Waals surface area (Å²) in [5.41, 5.74) is 1.47. The lowest BCUT2D eigenvalue weighted by atomic mass is 10.1. The van der Waals surface area contributed by atoms with Crippen LogP contribution in [0.15, 0.2) is 58.7 Å². The summed E-state index contributed by atoms with van der Waals surface area (Å²) in [6, 6.07) is 14.2. The normalized spacial score (nSPS) is 11.1. The van der Waals surface area contributed by atoms with Gasteiger partial charge in [-0.05, 0) is 35.7 Å². The van der Waals surface area contributed by atoms with Gasteiger partial charge in [0.15, 0.2) is 0 Å². The Morgan fingerprint density at radius 3 is 2.68 bits per heavy atom. The fourth-order valence-corrected chi connectivity index (χ4v) is 4.19. The van der Waals surface area contributed by atoms with E-state index in [1.807, 2.05) is 17.5 Å². The highest BCUT2D eigenvalue weighted by Crippen LogP contribution is 2.40. The van der Waals surface area contributed by atoms with Gasteiger partial charge in [0.25, 0.3) is 11.5 Å². The van der Waals surface area contributed by atoms with Crippen LogP contribution >= 0.6 is 11.3 Å². The van der Waals surface area contributed by atoms with E-state index in [0.29, 0.717) is 32.6 Å². The average molecular weight is 394 g/mol.